The zero-order valence-electron chi connectivity index (χ0n) is 17.7. The molecule has 30 heavy (non-hydrogen) atoms. The Kier molecular flexibility index (Phi) is 8.68. The molecule has 0 aliphatic carbocycles. The van der Waals surface area contributed by atoms with E-state index in [1.807, 2.05) is 6.92 Å². The van der Waals surface area contributed by atoms with E-state index in [-0.39, 0.29) is 25.2 Å². The molecule has 1 aromatic carbocycles. The Labute approximate surface area is 181 Å². The number of hydrogen-bond acceptors (Lipinski definition) is 5. The molecule has 0 saturated heterocycles. The van der Waals surface area contributed by atoms with Crippen LogP contribution in [0.5, 0.6) is 0 Å². The average molecular weight is 438 g/mol. The van der Waals surface area contributed by atoms with Crippen LogP contribution in [0.15, 0.2) is 35.5 Å². The predicted octanol–water partition coefficient (Wildman–Crippen LogP) is 3.19. The van der Waals surface area contributed by atoms with Gasteiger partial charge in [-0.15, -0.1) is 11.6 Å². The fraction of sp³-hybridized carbons (Fsp3) is 0.476. The van der Waals surface area contributed by atoms with E-state index >= 15 is 0 Å². The van der Waals surface area contributed by atoms with Crippen molar-refractivity contribution in [2.75, 3.05) is 32.2 Å². The number of ether oxygens (including phenoxy) is 2. The molecule has 1 aromatic rings. The molecular formula is C21H28ClN3O5. The smallest absolute Gasteiger partial charge is 0.338 e. The zero-order chi connectivity index (χ0) is 22.3. The standard InChI is InChI=1S/C21H28ClN3O5/c1-5-10-25-14(3)17(20(27)30-12-11-29-4)18(24-21(25)28)15-6-8-16(9-7-15)23-19(26)13(2)22/h6-9,13,18H,5,10-12H2,1-4H3,(H,23,26)(H,24,28). The van der Waals surface area contributed by atoms with Gasteiger partial charge in [-0.1, -0.05) is 19.1 Å². The number of allylic oxidation sites excluding steroid dienone is 1. The summed E-state index contributed by atoms with van der Waals surface area (Å²) in [7, 11) is 1.52. The first-order valence-corrected chi connectivity index (χ1v) is 10.2. The Morgan fingerprint density at radius 1 is 1.27 bits per heavy atom. The second-order valence-corrected chi connectivity index (χ2v) is 7.54. The highest BCUT2D eigenvalue weighted by Crippen LogP contribution is 2.32. The number of carbonyl (C=O) groups excluding carboxylic acids is 3. The van der Waals surface area contributed by atoms with E-state index < -0.39 is 17.4 Å². The largest absolute Gasteiger partial charge is 0.460 e. The molecule has 2 N–H and O–H groups in total. The topological polar surface area (TPSA) is 97.0 Å². The number of urea groups is 1. The molecule has 2 atom stereocenters. The maximum absolute atomic E-state index is 12.8. The number of alkyl halides is 1. The van der Waals surface area contributed by atoms with Gasteiger partial charge >= 0.3 is 12.0 Å². The lowest BCUT2D eigenvalue weighted by atomic mass is 9.94. The van der Waals surface area contributed by atoms with Crippen LogP contribution >= 0.6 is 11.6 Å². The lowest BCUT2D eigenvalue weighted by molar-refractivity contribution is -0.141. The number of amides is 3. The first-order valence-electron chi connectivity index (χ1n) is 9.79. The molecule has 8 nitrogen and oxygen atoms in total. The van der Waals surface area contributed by atoms with Crippen molar-refractivity contribution in [3.05, 3.63) is 41.1 Å². The summed E-state index contributed by atoms with van der Waals surface area (Å²) < 4.78 is 10.3. The van der Waals surface area contributed by atoms with E-state index in [0.717, 1.165) is 6.42 Å². The van der Waals surface area contributed by atoms with E-state index in [9.17, 15) is 14.4 Å². The Morgan fingerprint density at radius 3 is 2.50 bits per heavy atom. The van der Waals surface area contributed by atoms with Crippen molar-refractivity contribution >= 4 is 35.2 Å². The van der Waals surface area contributed by atoms with Crippen LogP contribution < -0.4 is 10.6 Å². The van der Waals surface area contributed by atoms with E-state index in [0.29, 0.717) is 29.1 Å². The van der Waals surface area contributed by atoms with Crippen molar-refractivity contribution in [3.8, 4) is 0 Å². The Balaban J connectivity index is 2.34. The second kappa shape index (κ2) is 11.0. The Hall–Kier alpha value is -2.58. The number of carbonyl (C=O) groups is 3. The molecule has 2 unspecified atom stereocenters. The van der Waals surface area contributed by atoms with Gasteiger partial charge in [0.2, 0.25) is 5.91 Å². The number of esters is 1. The quantitative estimate of drug-likeness (QED) is 0.351. The van der Waals surface area contributed by atoms with Gasteiger partial charge < -0.3 is 20.1 Å². The van der Waals surface area contributed by atoms with Gasteiger partial charge in [-0.2, -0.15) is 0 Å². The maximum Gasteiger partial charge on any atom is 0.338 e. The van der Waals surface area contributed by atoms with Crippen LogP contribution in [0.4, 0.5) is 10.5 Å². The summed E-state index contributed by atoms with van der Waals surface area (Å²) >= 11 is 5.78. The fourth-order valence-electron chi connectivity index (χ4n) is 3.08. The number of halogens is 1. The van der Waals surface area contributed by atoms with Crippen LogP contribution in [0.1, 0.15) is 38.8 Å². The molecule has 9 heteroatoms. The molecule has 0 spiro atoms. The van der Waals surface area contributed by atoms with Crippen LogP contribution in [0.25, 0.3) is 0 Å². The van der Waals surface area contributed by atoms with Gasteiger partial charge in [0.05, 0.1) is 18.2 Å². The van der Waals surface area contributed by atoms with Crippen molar-refractivity contribution in [1.82, 2.24) is 10.2 Å². The minimum absolute atomic E-state index is 0.113. The van der Waals surface area contributed by atoms with Gasteiger partial charge in [0.15, 0.2) is 0 Å². The third-order valence-electron chi connectivity index (χ3n) is 4.66. The van der Waals surface area contributed by atoms with Crippen molar-refractivity contribution in [1.29, 1.82) is 0 Å². The molecule has 0 fully saturated rings. The number of nitrogens with one attached hydrogen (secondary N) is 2. The van der Waals surface area contributed by atoms with Crippen molar-refractivity contribution in [3.63, 3.8) is 0 Å². The summed E-state index contributed by atoms with van der Waals surface area (Å²) in [5.41, 5.74) is 2.18. The van der Waals surface area contributed by atoms with Gasteiger partial charge in [0.25, 0.3) is 0 Å². The second-order valence-electron chi connectivity index (χ2n) is 6.89. The molecule has 3 amide bonds. The zero-order valence-corrected chi connectivity index (χ0v) is 18.4. The summed E-state index contributed by atoms with van der Waals surface area (Å²) in [4.78, 5) is 38.8. The highest BCUT2D eigenvalue weighted by atomic mass is 35.5. The number of benzene rings is 1. The minimum Gasteiger partial charge on any atom is -0.460 e. The first-order chi connectivity index (χ1) is 14.3. The van der Waals surface area contributed by atoms with Crippen LogP contribution in [0.3, 0.4) is 0 Å². The lowest BCUT2D eigenvalue weighted by Crippen LogP contribution is -2.48. The summed E-state index contributed by atoms with van der Waals surface area (Å²) in [6.45, 7) is 6.16. The molecule has 1 aliphatic heterocycles. The number of hydrogen-bond donors (Lipinski definition) is 2. The summed E-state index contributed by atoms with van der Waals surface area (Å²) in [6.07, 6.45) is 0.745. The fourth-order valence-corrected chi connectivity index (χ4v) is 3.14. The van der Waals surface area contributed by atoms with Crippen molar-refractivity contribution < 1.29 is 23.9 Å². The molecule has 1 aliphatic rings. The summed E-state index contributed by atoms with van der Waals surface area (Å²) in [6, 6.07) is 5.93. The summed E-state index contributed by atoms with van der Waals surface area (Å²) in [5.74, 6) is -0.826. The van der Waals surface area contributed by atoms with E-state index in [4.69, 9.17) is 21.1 Å². The van der Waals surface area contributed by atoms with Crippen LogP contribution in [-0.2, 0) is 19.1 Å². The first kappa shape index (κ1) is 23.7. The number of rotatable bonds is 9. The molecular weight excluding hydrogens is 410 g/mol. The monoisotopic (exact) mass is 437 g/mol. The van der Waals surface area contributed by atoms with Crippen LogP contribution in [0.2, 0.25) is 0 Å². The van der Waals surface area contributed by atoms with Crippen molar-refractivity contribution in [2.24, 2.45) is 0 Å². The number of methoxy groups -OCH3 is 1. The van der Waals surface area contributed by atoms with Gasteiger partial charge in [0.1, 0.15) is 12.0 Å². The van der Waals surface area contributed by atoms with Crippen molar-refractivity contribution in [2.45, 2.75) is 38.6 Å². The normalized spacial score (nSPS) is 17.4. The van der Waals surface area contributed by atoms with Gasteiger partial charge in [-0.25, -0.2) is 9.59 Å². The molecule has 0 saturated carbocycles. The van der Waals surface area contributed by atoms with Gasteiger partial charge in [-0.05, 0) is 38.0 Å². The Bertz CT molecular complexity index is 807. The molecule has 164 valence electrons. The van der Waals surface area contributed by atoms with E-state index in [1.165, 1.54) is 7.11 Å². The molecule has 1 heterocycles. The highest BCUT2D eigenvalue weighted by molar-refractivity contribution is 6.32. The van der Waals surface area contributed by atoms with Gasteiger partial charge in [-0.3, -0.25) is 9.69 Å². The SMILES string of the molecule is CCCN1C(=O)NC(c2ccc(NC(=O)C(C)Cl)cc2)C(C(=O)OCCOC)=C1C. The molecule has 2 rings (SSSR count). The molecule has 0 aromatic heterocycles. The molecule has 0 radical (unpaired) electrons. The van der Waals surface area contributed by atoms with E-state index in [2.05, 4.69) is 10.6 Å². The summed E-state index contributed by atoms with van der Waals surface area (Å²) in [5, 5.41) is 4.92. The van der Waals surface area contributed by atoms with Gasteiger partial charge in [0, 0.05) is 25.0 Å². The third kappa shape index (κ3) is 5.73. The number of nitrogens with zero attached hydrogens (tertiary/aromatic N) is 1. The lowest BCUT2D eigenvalue weighted by Gasteiger charge is -2.35. The predicted molar refractivity (Wildman–Crippen MR) is 114 cm³/mol. The van der Waals surface area contributed by atoms with Crippen LogP contribution in [0, 0.1) is 0 Å². The van der Waals surface area contributed by atoms with E-state index in [1.54, 1.807) is 43.0 Å². The van der Waals surface area contributed by atoms with Crippen LogP contribution in [-0.4, -0.2) is 55.1 Å². The minimum atomic E-state index is -0.669. The average Bonchev–Trinajstić information content (AvgIpc) is 2.71. The molecule has 0 bridgehead atoms. The Morgan fingerprint density at radius 2 is 1.93 bits per heavy atom. The maximum atomic E-state index is 12.8. The highest BCUT2D eigenvalue weighted by Gasteiger charge is 2.36. The third-order valence-corrected chi connectivity index (χ3v) is 4.86. The number of anilines is 1.